The minimum Gasteiger partial charge on any atom is -0.289 e. The van der Waals surface area contributed by atoms with E-state index in [1.54, 1.807) is 6.07 Å². The number of aromatic nitrogens is 4. The van der Waals surface area contributed by atoms with Crippen LogP contribution in [0.4, 0.5) is 0 Å². The number of imidazole rings is 1. The van der Waals surface area contributed by atoms with Crippen LogP contribution in [0.3, 0.4) is 0 Å². The molecule has 6 nitrogen and oxygen atoms in total. The number of halogens is 1. The van der Waals surface area contributed by atoms with Crippen LogP contribution < -0.4 is 16.9 Å². The molecule has 0 N–H and O–H groups in total. The number of amides is 1. The first-order valence-corrected chi connectivity index (χ1v) is 9.73. The second-order valence-corrected chi connectivity index (χ2v) is 7.81. The van der Waals surface area contributed by atoms with E-state index in [0.717, 1.165) is 35.4 Å². The zero-order chi connectivity index (χ0) is 18.1. The van der Waals surface area contributed by atoms with E-state index >= 15 is 0 Å². The normalized spacial score (nSPS) is 15.3. The Bertz CT molecular complexity index is 807. The van der Waals surface area contributed by atoms with Gasteiger partial charge in [0.25, 0.3) is 5.91 Å². The molecule has 2 aromatic heterocycles. The van der Waals surface area contributed by atoms with Crippen LogP contribution in [0.15, 0.2) is 6.07 Å². The molecule has 0 radical (unpaired) electrons. The van der Waals surface area contributed by atoms with Crippen molar-refractivity contribution in [1.29, 1.82) is 0 Å². The fourth-order valence-electron chi connectivity index (χ4n) is 3.42. The molecule has 1 aliphatic carbocycles. The maximum atomic E-state index is 13.0. The van der Waals surface area contributed by atoms with Gasteiger partial charge in [0.05, 0.1) is 28.6 Å². The standard InChI is InChI=1S/C15H21B3IN5O/c1-8-7-10(13(25)24(19)9-5-3-2-4-6-9)21-15(20-8)23-12(17)11(16)22-14(23)18/h7,9H,2-6,16-18H2,1H3. The minimum absolute atomic E-state index is 0.0357. The number of rotatable bonds is 3. The quantitative estimate of drug-likeness (QED) is 0.307. The molecular weight excluding hydrogens is 426 g/mol. The molecule has 1 aliphatic rings. The SMILES string of the molecule is Bc1nc(B)n(-c2nc(C)cc(C(=O)N(I)C3CCCCC3)n2)c1B. The molecule has 3 rings (SSSR count). The van der Waals surface area contributed by atoms with Crippen molar-refractivity contribution in [2.75, 3.05) is 0 Å². The highest BCUT2D eigenvalue weighted by atomic mass is 127. The molecule has 1 fully saturated rings. The Morgan fingerprint density at radius 2 is 1.88 bits per heavy atom. The van der Waals surface area contributed by atoms with Gasteiger partial charge in [0.15, 0.2) is 23.5 Å². The number of hydrogen-bond acceptors (Lipinski definition) is 4. The molecule has 2 aromatic rings. The van der Waals surface area contributed by atoms with Crippen LogP contribution in [0.25, 0.3) is 5.95 Å². The summed E-state index contributed by atoms with van der Waals surface area (Å²) in [6.45, 7) is 1.90. The van der Waals surface area contributed by atoms with Crippen LogP contribution in [-0.2, 0) is 0 Å². The van der Waals surface area contributed by atoms with E-state index in [2.05, 4.69) is 37.8 Å². The molecule has 0 aliphatic heterocycles. The summed E-state index contributed by atoms with van der Waals surface area (Å²) in [5.41, 5.74) is 4.02. The number of carbonyl (C=O) groups excluding carboxylic acids is 1. The van der Waals surface area contributed by atoms with E-state index in [4.69, 9.17) is 0 Å². The Morgan fingerprint density at radius 3 is 2.48 bits per heavy atom. The van der Waals surface area contributed by atoms with Crippen molar-refractivity contribution in [1.82, 2.24) is 22.6 Å². The maximum Gasteiger partial charge on any atom is 0.281 e. The minimum atomic E-state index is -0.0357. The van der Waals surface area contributed by atoms with Crippen molar-refractivity contribution in [3.8, 4) is 5.95 Å². The lowest BCUT2D eigenvalue weighted by Gasteiger charge is -2.29. The fraction of sp³-hybridized carbons (Fsp3) is 0.467. The van der Waals surface area contributed by atoms with Crippen LogP contribution in [0.1, 0.15) is 48.3 Å². The van der Waals surface area contributed by atoms with Crippen molar-refractivity contribution < 1.29 is 4.79 Å². The third-order valence-corrected chi connectivity index (χ3v) is 6.09. The van der Waals surface area contributed by atoms with Gasteiger partial charge in [-0.05, 0) is 31.4 Å². The Kier molecular flexibility index (Phi) is 5.55. The molecule has 1 saturated carbocycles. The highest BCUT2D eigenvalue weighted by Gasteiger charge is 2.26. The maximum absolute atomic E-state index is 13.0. The smallest absolute Gasteiger partial charge is 0.281 e. The summed E-state index contributed by atoms with van der Waals surface area (Å²) in [5, 5.41) is 0. The zero-order valence-corrected chi connectivity index (χ0v) is 17.4. The summed E-state index contributed by atoms with van der Waals surface area (Å²) in [6, 6.07) is 2.08. The van der Waals surface area contributed by atoms with E-state index in [1.165, 1.54) is 19.3 Å². The molecule has 0 aromatic carbocycles. The molecule has 0 spiro atoms. The van der Waals surface area contributed by atoms with Crippen molar-refractivity contribution in [2.45, 2.75) is 45.1 Å². The zero-order valence-electron chi connectivity index (χ0n) is 15.2. The third kappa shape index (κ3) is 3.78. The summed E-state index contributed by atoms with van der Waals surface area (Å²) in [6.07, 6.45) is 5.80. The molecule has 128 valence electrons. The van der Waals surface area contributed by atoms with Crippen LogP contribution >= 0.6 is 22.9 Å². The Morgan fingerprint density at radius 1 is 1.20 bits per heavy atom. The molecule has 0 bridgehead atoms. The molecule has 25 heavy (non-hydrogen) atoms. The second kappa shape index (κ2) is 7.51. The van der Waals surface area contributed by atoms with Gasteiger partial charge in [0.2, 0.25) is 5.95 Å². The molecule has 0 unspecified atom stereocenters. The first-order valence-electron chi connectivity index (χ1n) is 8.76. The fourth-order valence-corrected chi connectivity index (χ4v) is 4.22. The van der Waals surface area contributed by atoms with Gasteiger partial charge >= 0.3 is 0 Å². The summed E-state index contributed by atoms with van der Waals surface area (Å²) in [5.74, 6) is 0.485. The largest absolute Gasteiger partial charge is 0.289 e. The number of aryl methyl sites for hydroxylation is 1. The highest BCUT2D eigenvalue weighted by Crippen LogP contribution is 2.26. The average molecular weight is 447 g/mol. The van der Waals surface area contributed by atoms with Crippen LogP contribution in [-0.4, -0.2) is 58.1 Å². The summed E-state index contributed by atoms with van der Waals surface area (Å²) in [7, 11) is 5.89. The Balaban J connectivity index is 1.95. The van der Waals surface area contributed by atoms with Gasteiger partial charge in [-0.2, -0.15) is 0 Å². The highest BCUT2D eigenvalue weighted by molar-refractivity contribution is 14.1. The third-order valence-electron chi connectivity index (χ3n) is 4.86. The predicted molar refractivity (Wildman–Crippen MR) is 115 cm³/mol. The van der Waals surface area contributed by atoms with Crippen molar-refractivity contribution in [3.63, 3.8) is 0 Å². The van der Waals surface area contributed by atoms with Crippen LogP contribution in [0, 0.1) is 6.92 Å². The van der Waals surface area contributed by atoms with E-state index in [0.29, 0.717) is 17.7 Å². The lowest BCUT2D eigenvalue weighted by Crippen LogP contribution is -2.35. The first-order chi connectivity index (χ1) is 11.9. The number of nitrogens with zero attached hydrogens (tertiary/aromatic N) is 5. The van der Waals surface area contributed by atoms with E-state index in [1.807, 2.05) is 38.1 Å². The number of carbonyl (C=O) groups is 1. The summed E-state index contributed by atoms with van der Waals surface area (Å²) < 4.78 is 3.75. The van der Waals surface area contributed by atoms with E-state index in [9.17, 15) is 4.79 Å². The van der Waals surface area contributed by atoms with Crippen molar-refractivity contribution in [2.24, 2.45) is 0 Å². The molecular formula is C15H21B3IN5O. The second-order valence-electron chi connectivity index (χ2n) is 6.77. The van der Waals surface area contributed by atoms with Gasteiger partial charge in [0, 0.05) is 17.3 Å². The van der Waals surface area contributed by atoms with Gasteiger partial charge in [-0.1, -0.05) is 19.3 Å². The van der Waals surface area contributed by atoms with Crippen molar-refractivity contribution >= 4 is 69.2 Å². The van der Waals surface area contributed by atoms with Crippen LogP contribution in [0.5, 0.6) is 0 Å². The Labute approximate surface area is 164 Å². The van der Waals surface area contributed by atoms with E-state index in [-0.39, 0.29) is 5.91 Å². The lowest BCUT2D eigenvalue weighted by atomic mass is 9.91. The average Bonchev–Trinajstić information content (AvgIpc) is 2.86. The number of hydrogen-bond donors (Lipinski definition) is 0. The van der Waals surface area contributed by atoms with Crippen LogP contribution in [0.2, 0.25) is 0 Å². The Hall–Kier alpha value is -1.32. The van der Waals surface area contributed by atoms with E-state index < -0.39 is 0 Å². The summed E-state index contributed by atoms with van der Waals surface area (Å²) >= 11 is 2.15. The molecule has 1 amide bonds. The topological polar surface area (TPSA) is 63.9 Å². The van der Waals surface area contributed by atoms with Gasteiger partial charge < -0.3 is 0 Å². The molecule has 0 saturated heterocycles. The summed E-state index contributed by atoms with van der Waals surface area (Å²) in [4.78, 5) is 26.5. The van der Waals surface area contributed by atoms with Gasteiger partial charge in [-0.25, -0.2) is 9.97 Å². The van der Waals surface area contributed by atoms with Gasteiger partial charge in [-0.3, -0.25) is 17.5 Å². The van der Waals surface area contributed by atoms with Gasteiger partial charge in [-0.15, -0.1) is 0 Å². The molecule has 0 atom stereocenters. The predicted octanol–water partition coefficient (Wildman–Crippen LogP) is -2.13. The first kappa shape index (κ1) is 18.5. The monoisotopic (exact) mass is 447 g/mol. The van der Waals surface area contributed by atoms with Crippen molar-refractivity contribution in [3.05, 3.63) is 17.5 Å². The molecule has 10 heteroatoms. The molecule has 2 heterocycles. The lowest BCUT2D eigenvalue weighted by molar-refractivity contribution is 0.0831. The van der Waals surface area contributed by atoms with Gasteiger partial charge in [0.1, 0.15) is 5.69 Å².